The number of nitrogens with two attached hydrogens (primary N) is 1. The number of amides is 3. The van der Waals surface area contributed by atoms with Crippen molar-refractivity contribution >= 4 is 34.6 Å². The van der Waals surface area contributed by atoms with Crippen LogP contribution in [0.4, 0.5) is 0 Å². The molecule has 0 aliphatic heterocycles. The zero-order chi connectivity index (χ0) is 32.5. The highest BCUT2D eigenvalue weighted by molar-refractivity contribution is 5.94. The Balaban J connectivity index is 1.32. The lowest BCUT2D eigenvalue weighted by molar-refractivity contribution is -0.142. The van der Waals surface area contributed by atoms with Gasteiger partial charge in [-0.1, -0.05) is 48.5 Å². The summed E-state index contributed by atoms with van der Waals surface area (Å²) in [5.74, 6) is -3.17. The third-order valence-corrected chi connectivity index (χ3v) is 7.57. The normalized spacial score (nSPS) is 13.8. The lowest BCUT2D eigenvalue weighted by Crippen LogP contribution is -2.58. The maximum absolute atomic E-state index is 13.8. The lowest BCUT2D eigenvalue weighted by atomic mass is 10.0. The highest BCUT2D eigenvalue weighted by Gasteiger charge is 2.31. The number of hydrogen-bond donors (Lipinski definition) is 8. The second-order valence-electron chi connectivity index (χ2n) is 10.9. The number of fused-ring (bicyclic) bond motifs is 1. The van der Waals surface area contributed by atoms with Crippen molar-refractivity contribution in [1.29, 1.82) is 0 Å². The van der Waals surface area contributed by atoms with Gasteiger partial charge >= 0.3 is 5.97 Å². The average molecular weight is 626 g/mol. The fourth-order valence-electron chi connectivity index (χ4n) is 5.15. The number of benzene rings is 2. The Hall–Kier alpha value is -5.76. The van der Waals surface area contributed by atoms with Crippen LogP contribution in [-0.4, -0.2) is 77.9 Å². The van der Waals surface area contributed by atoms with E-state index in [9.17, 15) is 24.3 Å². The number of aromatic amines is 3. The van der Waals surface area contributed by atoms with Crippen molar-refractivity contribution in [2.75, 3.05) is 0 Å². The number of para-hydroxylation sites is 1. The molecule has 14 heteroatoms. The van der Waals surface area contributed by atoms with E-state index < -0.39 is 47.9 Å². The molecule has 0 saturated heterocycles. The van der Waals surface area contributed by atoms with Gasteiger partial charge in [-0.25, -0.2) is 14.8 Å². The number of aliphatic carboxylic acids is 1. The average Bonchev–Trinajstić information content (AvgIpc) is 3.84. The maximum Gasteiger partial charge on any atom is 0.326 e. The molecule has 5 rings (SSSR count). The molecule has 0 radical (unpaired) electrons. The molecular weight excluding hydrogens is 590 g/mol. The fourth-order valence-corrected chi connectivity index (χ4v) is 5.15. The zero-order valence-corrected chi connectivity index (χ0v) is 24.8. The van der Waals surface area contributed by atoms with E-state index in [0.717, 1.165) is 22.0 Å². The summed E-state index contributed by atoms with van der Waals surface area (Å²) in [6.07, 6.45) is 7.89. The third-order valence-electron chi connectivity index (χ3n) is 7.57. The van der Waals surface area contributed by atoms with Crippen LogP contribution in [0, 0.1) is 0 Å². The van der Waals surface area contributed by atoms with Gasteiger partial charge in [0.05, 0.1) is 18.7 Å². The van der Waals surface area contributed by atoms with Crippen LogP contribution >= 0.6 is 0 Å². The number of carbonyl (C=O) groups excluding carboxylic acids is 3. The number of nitrogens with zero attached hydrogens (tertiary/aromatic N) is 2. The number of H-pyrrole nitrogens is 3. The van der Waals surface area contributed by atoms with E-state index in [1.807, 2.05) is 54.6 Å². The van der Waals surface area contributed by atoms with E-state index in [-0.39, 0.29) is 25.7 Å². The van der Waals surface area contributed by atoms with Gasteiger partial charge < -0.3 is 41.7 Å². The summed E-state index contributed by atoms with van der Waals surface area (Å²) in [6.45, 7) is 0. The Labute approximate surface area is 263 Å². The quantitative estimate of drug-likeness (QED) is 0.0827. The molecule has 0 aliphatic rings. The number of imidazole rings is 2. The first-order valence-corrected chi connectivity index (χ1v) is 14.7. The minimum absolute atomic E-state index is 0.0138. The summed E-state index contributed by atoms with van der Waals surface area (Å²) >= 11 is 0. The smallest absolute Gasteiger partial charge is 0.326 e. The molecule has 3 heterocycles. The molecule has 3 amide bonds. The van der Waals surface area contributed by atoms with Gasteiger partial charge in [0.15, 0.2) is 0 Å². The van der Waals surface area contributed by atoms with Gasteiger partial charge in [-0.3, -0.25) is 14.4 Å². The molecule has 0 saturated carbocycles. The Kier molecular flexibility index (Phi) is 10.2. The molecule has 5 aromatic rings. The van der Waals surface area contributed by atoms with Crippen LogP contribution in [0.2, 0.25) is 0 Å². The number of carbonyl (C=O) groups is 4. The summed E-state index contributed by atoms with van der Waals surface area (Å²) in [6, 6.07) is 12.2. The van der Waals surface area contributed by atoms with Gasteiger partial charge in [0, 0.05) is 60.1 Å². The Morgan fingerprint density at radius 3 is 1.89 bits per heavy atom. The standard InChI is InChI=1S/C32H35N9O5/c33-24(11-20-14-36-25-9-5-4-8-23(20)25)29(42)39-26(10-19-6-2-1-3-7-19)30(43)40-27(12-21-15-34-17-37-21)31(44)41-28(32(45)46)13-22-16-35-18-38-22/h1-9,14-18,24,26-28,36H,10-13,33H2,(H,34,37)(H,35,38)(H,39,42)(H,40,43)(H,41,44)(H,45,46). The first kappa shape index (κ1) is 31.7. The molecule has 2 aromatic carbocycles. The number of nitrogens with one attached hydrogen (secondary N) is 6. The first-order valence-electron chi connectivity index (χ1n) is 14.7. The number of carboxylic acids is 1. The van der Waals surface area contributed by atoms with Crippen molar-refractivity contribution < 1.29 is 24.3 Å². The van der Waals surface area contributed by atoms with Gasteiger partial charge in [-0.05, 0) is 23.6 Å². The van der Waals surface area contributed by atoms with Crippen molar-refractivity contribution in [1.82, 2.24) is 40.9 Å². The van der Waals surface area contributed by atoms with Gasteiger partial charge in [0.25, 0.3) is 0 Å². The molecule has 238 valence electrons. The van der Waals surface area contributed by atoms with E-state index >= 15 is 0 Å². The van der Waals surface area contributed by atoms with Gasteiger partial charge in [-0.15, -0.1) is 0 Å². The Morgan fingerprint density at radius 1 is 0.696 bits per heavy atom. The Morgan fingerprint density at radius 2 is 1.26 bits per heavy atom. The monoisotopic (exact) mass is 625 g/mol. The summed E-state index contributed by atoms with van der Waals surface area (Å²) in [5.41, 5.74) is 9.92. The minimum Gasteiger partial charge on any atom is -0.480 e. The number of aromatic nitrogens is 5. The van der Waals surface area contributed by atoms with Gasteiger partial charge in [0.1, 0.15) is 18.1 Å². The predicted octanol–water partition coefficient (Wildman–Crippen LogP) is 0.751. The van der Waals surface area contributed by atoms with E-state index in [4.69, 9.17) is 5.73 Å². The molecule has 0 fully saturated rings. The molecule has 0 bridgehead atoms. The summed E-state index contributed by atoms with van der Waals surface area (Å²) in [7, 11) is 0. The van der Waals surface area contributed by atoms with E-state index in [1.165, 1.54) is 25.0 Å². The first-order chi connectivity index (χ1) is 22.3. The third kappa shape index (κ3) is 8.24. The molecule has 0 spiro atoms. The van der Waals surface area contributed by atoms with Crippen LogP contribution in [0.25, 0.3) is 10.9 Å². The molecule has 3 aromatic heterocycles. The maximum atomic E-state index is 13.8. The summed E-state index contributed by atoms with van der Waals surface area (Å²) < 4.78 is 0. The second-order valence-corrected chi connectivity index (χ2v) is 10.9. The molecule has 9 N–H and O–H groups in total. The van der Waals surface area contributed by atoms with Crippen LogP contribution in [0.3, 0.4) is 0 Å². The molecule has 14 nitrogen and oxygen atoms in total. The van der Waals surface area contributed by atoms with Crippen LogP contribution in [0.1, 0.15) is 22.5 Å². The zero-order valence-electron chi connectivity index (χ0n) is 24.8. The number of carboxylic acid groups (broad SMARTS) is 1. The van der Waals surface area contributed by atoms with Gasteiger partial charge in [-0.2, -0.15) is 0 Å². The molecule has 0 aliphatic carbocycles. The Bertz CT molecular complexity index is 1750. The van der Waals surface area contributed by atoms with Crippen LogP contribution in [0.5, 0.6) is 0 Å². The van der Waals surface area contributed by atoms with Crippen molar-refractivity contribution in [2.45, 2.75) is 49.9 Å². The van der Waals surface area contributed by atoms with Crippen molar-refractivity contribution in [3.05, 3.63) is 108 Å². The van der Waals surface area contributed by atoms with E-state index in [0.29, 0.717) is 11.4 Å². The fraction of sp³-hybridized carbons (Fsp3) is 0.250. The van der Waals surface area contributed by atoms with Crippen LogP contribution in [0.15, 0.2) is 85.8 Å². The SMILES string of the molecule is NC(Cc1c[nH]c2ccccc12)C(=O)NC(Cc1ccccc1)C(=O)NC(Cc1cnc[nH]1)C(=O)NC(Cc1cnc[nH]1)C(=O)O. The van der Waals surface area contributed by atoms with Crippen LogP contribution in [-0.2, 0) is 44.9 Å². The number of hydrogen-bond acceptors (Lipinski definition) is 7. The summed E-state index contributed by atoms with van der Waals surface area (Å²) in [5, 5.41) is 18.7. The van der Waals surface area contributed by atoms with Crippen molar-refractivity contribution in [2.24, 2.45) is 5.73 Å². The van der Waals surface area contributed by atoms with Crippen LogP contribution < -0.4 is 21.7 Å². The van der Waals surface area contributed by atoms with Crippen molar-refractivity contribution in [3.8, 4) is 0 Å². The van der Waals surface area contributed by atoms with E-state index in [1.54, 1.807) is 6.20 Å². The minimum atomic E-state index is -1.29. The van der Waals surface area contributed by atoms with E-state index in [2.05, 4.69) is 40.9 Å². The lowest BCUT2D eigenvalue weighted by Gasteiger charge is -2.25. The van der Waals surface area contributed by atoms with Crippen molar-refractivity contribution in [3.63, 3.8) is 0 Å². The largest absolute Gasteiger partial charge is 0.480 e. The highest BCUT2D eigenvalue weighted by atomic mass is 16.4. The molecule has 4 atom stereocenters. The molecule has 4 unspecified atom stereocenters. The molecular formula is C32H35N9O5. The predicted molar refractivity (Wildman–Crippen MR) is 168 cm³/mol. The highest BCUT2D eigenvalue weighted by Crippen LogP contribution is 2.19. The summed E-state index contributed by atoms with van der Waals surface area (Å²) in [4.78, 5) is 69.4. The topological polar surface area (TPSA) is 224 Å². The second kappa shape index (κ2) is 14.8. The number of rotatable bonds is 15. The van der Waals surface area contributed by atoms with Gasteiger partial charge in [0.2, 0.25) is 17.7 Å². The molecule has 46 heavy (non-hydrogen) atoms.